The van der Waals surface area contributed by atoms with E-state index in [1.165, 1.54) is 0 Å². The summed E-state index contributed by atoms with van der Waals surface area (Å²) in [6.45, 7) is 1.59. The van der Waals surface area contributed by atoms with Crippen molar-refractivity contribution < 1.29 is 23.5 Å². The van der Waals surface area contributed by atoms with E-state index < -0.39 is 17.5 Å². The number of rotatable bonds is 6. The largest absolute Gasteiger partial charge is 0.396 e. The van der Waals surface area contributed by atoms with Crippen LogP contribution in [0.3, 0.4) is 0 Å². The molecule has 1 atom stereocenters. The van der Waals surface area contributed by atoms with Crippen LogP contribution in [0.2, 0.25) is 0 Å². The molecule has 0 bridgehead atoms. The summed E-state index contributed by atoms with van der Waals surface area (Å²) >= 11 is 0. The monoisotopic (exact) mass is 340 g/mol. The molecular formula is C17H22F2N2O3. The van der Waals surface area contributed by atoms with E-state index in [2.05, 4.69) is 5.32 Å². The molecule has 0 aliphatic carbocycles. The van der Waals surface area contributed by atoms with Crippen molar-refractivity contribution in [3.63, 3.8) is 0 Å². The Morgan fingerprint density at radius 3 is 2.83 bits per heavy atom. The molecule has 0 spiro atoms. The Morgan fingerprint density at radius 2 is 2.12 bits per heavy atom. The SMILES string of the molecule is O=C(NCCCC(=O)N1CCCC(CO)C1)c1ccc(F)cc1F. The van der Waals surface area contributed by atoms with Gasteiger partial charge < -0.3 is 15.3 Å². The van der Waals surface area contributed by atoms with Gasteiger partial charge >= 0.3 is 0 Å². The Kier molecular flexibility index (Phi) is 6.66. The number of aliphatic hydroxyl groups excluding tert-OH is 1. The van der Waals surface area contributed by atoms with Crippen LogP contribution in [0.5, 0.6) is 0 Å². The number of carbonyl (C=O) groups is 2. The standard InChI is InChI=1S/C17H22F2N2O3/c18-13-5-6-14(15(19)9-13)17(24)20-7-1-4-16(23)21-8-2-3-12(10-21)11-22/h5-6,9,12,22H,1-4,7-8,10-11H2,(H,20,24). The van der Waals surface area contributed by atoms with Gasteiger partial charge in [0, 0.05) is 38.7 Å². The molecule has 132 valence electrons. The molecule has 1 aromatic carbocycles. The number of halogens is 2. The fourth-order valence-corrected chi connectivity index (χ4v) is 2.81. The third kappa shape index (κ3) is 4.99. The van der Waals surface area contributed by atoms with Gasteiger partial charge in [-0.05, 0) is 37.3 Å². The number of hydrogen-bond acceptors (Lipinski definition) is 3. The molecule has 7 heteroatoms. The summed E-state index contributed by atoms with van der Waals surface area (Å²) in [7, 11) is 0. The average molecular weight is 340 g/mol. The minimum absolute atomic E-state index is 0.00429. The second-order valence-electron chi connectivity index (χ2n) is 6.01. The molecule has 2 N–H and O–H groups in total. The smallest absolute Gasteiger partial charge is 0.254 e. The molecule has 1 aliphatic heterocycles. The van der Waals surface area contributed by atoms with Crippen LogP contribution in [0, 0.1) is 17.6 Å². The fourth-order valence-electron chi connectivity index (χ4n) is 2.81. The van der Waals surface area contributed by atoms with E-state index in [9.17, 15) is 23.5 Å². The summed E-state index contributed by atoms with van der Waals surface area (Å²) in [6, 6.07) is 2.77. The van der Waals surface area contributed by atoms with Crippen LogP contribution < -0.4 is 5.32 Å². The van der Waals surface area contributed by atoms with Crippen LogP contribution in [0.15, 0.2) is 18.2 Å². The maximum absolute atomic E-state index is 13.5. The van der Waals surface area contributed by atoms with Crippen molar-refractivity contribution in [1.82, 2.24) is 10.2 Å². The highest BCUT2D eigenvalue weighted by Gasteiger charge is 2.22. The van der Waals surface area contributed by atoms with Crippen molar-refractivity contribution in [1.29, 1.82) is 0 Å². The predicted octanol–water partition coefficient (Wildman–Crippen LogP) is 1.71. The molecule has 1 aromatic rings. The highest BCUT2D eigenvalue weighted by molar-refractivity contribution is 5.94. The quantitative estimate of drug-likeness (QED) is 0.775. The van der Waals surface area contributed by atoms with E-state index >= 15 is 0 Å². The van der Waals surface area contributed by atoms with E-state index in [0.29, 0.717) is 25.6 Å². The van der Waals surface area contributed by atoms with Crippen molar-refractivity contribution in [3.8, 4) is 0 Å². The lowest BCUT2D eigenvalue weighted by Gasteiger charge is -2.32. The molecule has 2 amide bonds. The average Bonchev–Trinajstić information content (AvgIpc) is 2.58. The van der Waals surface area contributed by atoms with Crippen LogP contribution in [-0.4, -0.2) is 48.1 Å². The van der Waals surface area contributed by atoms with E-state index in [0.717, 1.165) is 25.0 Å². The maximum Gasteiger partial charge on any atom is 0.254 e. The van der Waals surface area contributed by atoms with Gasteiger partial charge in [0.15, 0.2) is 0 Å². The Bertz CT molecular complexity index is 595. The fraction of sp³-hybridized carbons (Fsp3) is 0.529. The molecule has 1 heterocycles. The Labute approximate surface area is 139 Å². The Hall–Kier alpha value is -2.02. The molecule has 2 rings (SSSR count). The number of amides is 2. The molecule has 1 aliphatic rings. The Balaban J connectivity index is 1.72. The molecule has 0 radical (unpaired) electrons. The number of piperidine rings is 1. The lowest BCUT2D eigenvalue weighted by Crippen LogP contribution is -2.41. The van der Waals surface area contributed by atoms with Gasteiger partial charge in [-0.15, -0.1) is 0 Å². The van der Waals surface area contributed by atoms with Gasteiger partial charge in [0.2, 0.25) is 5.91 Å². The van der Waals surface area contributed by atoms with Crippen molar-refractivity contribution in [2.45, 2.75) is 25.7 Å². The van der Waals surface area contributed by atoms with Gasteiger partial charge in [0.1, 0.15) is 11.6 Å². The number of nitrogens with one attached hydrogen (secondary N) is 1. The molecule has 1 unspecified atom stereocenters. The minimum atomic E-state index is -0.910. The summed E-state index contributed by atoms with van der Waals surface area (Å²) in [5, 5.41) is 11.7. The second-order valence-corrected chi connectivity index (χ2v) is 6.01. The highest BCUT2D eigenvalue weighted by Crippen LogP contribution is 2.16. The second kappa shape index (κ2) is 8.73. The Morgan fingerprint density at radius 1 is 1.33 bits per heavy atom. The van der Waals surface area contributed by atoms with Crippen LogP contribution >= 0.6 is 0 Å². The van der Waals surface area contributed by atoms with Gasteiger partial charge in [-0.2, -0.15) is 0 Å². The number of carbonyl (C=O) groups excluding carboxylic acids is 2. The molecule has 5 nitrogen and oxygen atoms in total. The minimum Gasteiger partial charge on any atom is -0.396 e. The van der Waals surface area contributed by atoms with Gasteiger partial charge in [0.05, 0.1) is 5.56 Å². The zero-order valence-corrected chi connectivity index (χ0v) is 13.4. The number of nitrogens with zero attached hydrogens (tertiary/aromatic N) is 1. The first-order chi connectivity index (χ1) is 11.5. The first-order valence-electron chi connectivity index (χ1n) is 8.13. The molecular weight excluding hydrogens is 318 g/mol. The third-order valence-corrected chi connectivity index (χ3v) is 4.16. The molecule has 0 saturated carbocycles. The van der Waals surface area contributed by atoms with Crippen LogP contribution in [0.1, 0.15) is 36.0 Å². The summed E-state index contributed by atoms with van der Waals surface area (Å²) in [4.78, 5) is 25.6. The lowest BCUT2D eigenvalue weighted by atomic mass is 9.99. The summed E-state index contributed by atoms with van der Waals surface area (Å²) in [5.41, 5.74) is -0.218. The molecule has 24 heavy (non-hydrogen) atoms. The van der Waals surface area contributed by atoms with Crippen molar-refractivity contribution >= 4 is 11.8 Å². The first-order valence-corrected chi connectivity index (χ1v) is 8.13. The summed E-state index contributed by atoms with van der Waals surface area (Å²) in [5.74, 6) is -2.14. The zero-order chi connectivity index (χ0) is 17.5. The molecule has 0 aromatic heterocycles. The number of likely N-dealkylation sites (tertiary alicyclic amines) is 1. The van der Waals surface area contributed by atoms with E-state index in [4.69, 9.17) is 0 Å². The molecule has 1 fully saturated rings. The number of benzene rings is 1. The zero-order valence-electron chi connectivity index (χ0n) is 13.4. The van der Waals surface area contributed by atoms with E-state index in [-0.39, 0.29) is 37.0 Å². The highest BCUT2D eigenvalue weighted by atomic mass is 19.1. The maximum atomic E-state index is 13.5. The van der Waals surface area contributed by atoms with Gasteiger partial charge in [-0.1, -0.05) is 0 Å². The topological polar surface area (TPSA) is 69.6 Å². The van der Waals surface area contributed by atoms with E-state index in [1.54, 1.807) is 4.90 Å². The van der Waals surface area contributed by atoms with Gasteiger partial charge in [-0.25, -0.2) is 8.78 Å². The van der Waals surface area contributed by atoms with Crippen molar-refractivity contribution in [2.75, 3.05) is 26.2 Å². The van der Waals surface area contributed by atoms with Crippen molar-refractivity contribution in [2.24, 2.45) is 5.92 Å². The third-order valence-electron chi connectivity index (χ3n) is 4.16. The van der Waals surface area contributed by atoms with Gasteiger partial charge in [-0.3, -0.25) is 9.59 Å². The predicted molar refractivity (Wildman–Crippen MR) is 84.3 cm³/mol. The first kappa shape index (κ1) is 18.3. The number of hydrogen-bond donors (Lipinski definition) is 2. The summed E-state index contributed by atoms with van der Waals surface area (Å²) < 4.78 is 26.3. The van der Waals surface area contributed by atoms with Crippen LogP contribution in [0.4, 0.5) is 8.78 Å². The lowest BCUT2D eigenvalue weighted by molar-refractivity contribution is -0.133. The number of aliphatic hydroxyl groups is 1. The van der Waals surface area contributed by atoms with Crippen LogP contribution in [0.25, 0.3) is 0 Å². The van der Waals surface area contributed by atoms with Crippen LogP contribution in [-0.2, 0) is 4.79 Å². The molecule has 1 saturated heterocycles. The van der Waals surface area contributed by atoms with Gasteiger partial charge in [0.25, 0.3) is 5.91 Å². The van der Waals surface area contributed by atoms with Crippen molar-refractivity contribution in [3.05, 3.63) is 35.4 Å². The summed E-state index contributed by atoms with van der Waals surface area (Å²) in [6.07, 6.45) is 2.54. The normalized spacial score (nSPS) is 17.6. The van der Waals surface area contributed by atoms with E-state index in [1.807, 2.05) is 0 Å².